The summed E-state index contributed by atoms with van der Waals surface area (Å²) in [6.07, 6.45) is 4.52. The Labute approximate surface area is 161 Å². The van der Waals surface area contributed by atoms with Crippen LogP contribution in [-0.4, -0.2) is 4.57 Å². The van der Waals surface area contributed by atoms with Crippen molar-refractivity contribution in [2.45, 2.75) is 12.8 Å². The van der Waals surface area contributed by atoms with E-state index in [1.165, 1.54) is 39.0 Å². The van der Waals surface area contributed by atoms with Crippen LogP contribution in [0.3, 0.4) is 0 Å². The molecule has 1 aliphatic carbocycles. The van der Waals surface area contributed by atoms with Crippen molar-refractivity contribution < 1.29 is 0 Å². The fraction of sp³-hybridized carbons (Fsp3) is 0.0833. The minimum absolute atomic E-state index is 1.06. The third kappa shape index (κ3) is 2.53. The minimum Gasteiger partial charge on any atom is -0.313 e. The number of allylic oxidation sites excluding steroid dienone is 1. The van der Waals surface area contributed by atoms with Gasteiger partial charge in [-0.3, -0.25) is 0 Å². The smallest absolute Gasteiger partial charge is 0.0537 e. The van der Waals surface area contributed by atoms with E-state index in [9.17, 15) is 0 Å². The largest absolute Gasteiger partial charge is 0.313 e. The van der Waals surface area contributed by atoms with E-state index in [0.29, 0.717) is 0 Å². The Balaban J connectivity index is 1.74. The molecule has 26 heavy (non-hydrogen) atoms. The molecule has 0 bridgehead atoms. The van der Waals surface area contributed by atoms with Gasteiger partial charge in [0.15, 0.2) is 0 Å². The van der Waals surface area contributed by atoms with Crippen LogP contribution in [0.25, 0.3) is 28.2 Å². The standard InChI is InChI=1S/C24H18BrN/c25-19-13-10-17(11-14-19)18-12-15-24-22(16-18)21-8-4-5-9-23(21)26(24)20-6-2-1-3-7-20/h1-11,13-14,16H,12,15H2. The normalized spacial score (nSPS) is 13.5. The second-order valence-corrected chi connectivity index (χ2v) is 7.64. The molecule has 1 aromatic heterocycles. The van der Waals surface area contributed by atoms with Gasteiger partial charge in [0, 0.05) is 26.8 Å². The zero-order valence-corrected chi connectivity index (χ0v) is 15.9. The summed E-state index contributed by atoms with van der Waals surface area (Å²) in [5.74, 6) is 0. The Morgan fingerprint density at radius 2 is 1.46 bits per heavy atom. The van der Waals surface area contributed by atoms with Gasteiger partial charge in [-0.05, 0) is 60.4 Å². The summed E-state index contributed by atoms with van der Waals surface area (Å²) in [5.41, 5.74) is 8.05. The van der Waals surface area contributed by atoms with Gasteiger partial charge in [0.2, 0.25) is 0 Å². The van der Waals surface area contributed by atoms with Crippen LogP contribution >= 0.6 is 15.9 Å². The van der Waals surface area contributed by atoms with E-state index in [0.717, 1.165) is 17.3 Å². The number of para-hydroxylation sites is 2. The van der Waals surface area contributed by atoms with E-state index in [2.05, 4.69) is 105 Å². The second kappa shape index (κ2) is 6.30. The first-order chi connectivity index (χ1) is 12.8. The topological polar surface area (TPSA) is 4.93 Å². The molecule has 0 fully saturated rings. The first-order valence-corrected chi connectivity index (χ1v) is 9.75. The van der Waals surface area contributed by atoms with Crippen LogP contribution in [0.4, 0.5) is 0 Å². The molecule has 1 nitrogen and oxygen atoms in total. The van der Waals surface area contributed by atoms with Crippen molar-refractivity contribution in [2.75, 3.05) is 0 Å². The molecule has 0 saturated carbocycles. The van der Waals surface area contributed by atoms with Crippen LogP contribution in [-0.2, 0) is 6.42 Å². The highest BCUT2D eigenvalue weighted by Gasteiger charge is 2.21. The van der Waals surface area contributed by atoms with Gasteiger partial charge in [0.1, 0.15) is 0 Å². The highest BCUT2D eigenvalue weighted by Crippen LogP contribution is 2.38. The van der Waals surface area contributed by atoms with Crippen LogP contribution < -0.4 is 0 Å². The molecule has 0 unspecified atom stereocenters. The van der Waals surface area contributed by atoms with Crippen molar-refractivity contribution in [1.29, 1.82) is 0 Å². The SMILES string of the molecule is Brc1ccc(C2=Cc3c(n(-c4ccccc4)c4ccccc34)CC2)cc1. The molecule has 0 amide bonds. The van der Waals surface area contributed by atoms with Crippen LogP contribution in [0, 0.1) is 0 Å². The quantitative estimate of drug-likeness (QED) is 0.346. The lowest BCUT2D eigenvalue weighted by molar-refractivity contribution is 0.898. The van der Waals surface area contributed by atoms with Crippen molar-refractivity contribution >= 4 is 38.5 Å². The third-order valence-corrected chi connectivity index (χ3v) is 5.72. The molecule has 0 radical (unpaired) electrons. The van der Waals surface area contributed by atoms with E-state index in [4.69, 9.17) is 0 Å². The predicted molar refractivity (Wildman–Crippen MR) is 114 cm³/mol. The summed E-state index contributed by atoms with van der Waals surface area (Å²) in [5, 5.41) is 1.33. The zero-order chi connectivity index (χ0) is 17.5. The lowest BCUT2D eigenvalue weighted by Gasteiger charge is -2.17. The Bertz CT molecular complexity index is 1120. The number of nitrogens with zero attached hydrogens (tertiary/aromatic N) is 1. The average Bonchev–Trinajstić information content (AvgIpc) is 3.03. The van der Waals surface area contributed by atoms with Gasteiger partial charge in [0.25, 0.3) is 0 Å². The second-order valence-electron chi connectivity index (χ2n) is 6.72. The molecule has 1 heterocycles. The maximum Gasteiger partial charge on any atom is 0.0537 e. The van der Waals surface area contributed by atoms with E-state index in [1.807, 2.05) is 0 Å². The molecule has 0 aliphatic heterocycles. The summed E-state index contributed by atoms with van der Waals surface area (Å²) in [7, 11) is 0. The minimum atomic E-state index is 1.06. The van der Waals surface area contributed by atoms with Crippen molar-refractivity contribution in [3.05, 3.63) is 100 Å². The Morgan fingerprint density at radius 1 is 0.731 bits per heavy atom. The monoisotopic (exact) mass is 399 g/mol. The van der Waals surface area contributed by atoms with Gasteiger partial charge < -0.3 is 4.57 Å². The maximum absolute atomic E-state index is 3.53. The lowest BCUT2D eigenvalue weighted by atomic mass is 9.91. The molecule has 2 heteroatoms. The van der Waals surface area contributed by atoms with E-state index in [-0.39, 0.29) is 0 Å². The number of halogens is 1. The van der Waals surface area contributed by atoms with Gasteiger partial charge in [-0.25, -0.2) is 0 Å². The fourth-order valence-corrected chi connectivity index (χ4v) is 4.25. The molecule has 5 rings (SSSR count). The van der Waals surface area contributed by atoms with Crippen molar-refractivity contribution in [1.82, 2.24) is 4.57 Å². The first kappa shape index (κ1) is 15.7. The molecule has 3 aromatic carbocycles. The van der Waals surface area contributed by atoms with Gasteiger partial charge in [0.05, 0.1) is 5.52 Å². The van der Waals surface area contributed by atoms with Crippen LogP contribution in [0.15, 0.2) is 83.3 Å². The van der Waals surface area contributed by atoms with Gasteiger partial charge in [-0.2, -0.15) is 0 Å². The van der Waals surface area contributed by atoms with E-state index < -0.39 is 0 Å². The van der Waals surface area contributed by atoms with E-state index in [1.54, 1.807) is 0 Å². The summed E-state index contributed by atoms with van der Waals surface area (Å²) in [6, 6.07) is 28.1. The van der Waals surface area contributed by atoms with Crippen molar-refractivity contribution in [3.8, 4) is 5.69 Å². The Kier molecular flexibility index (Phi) is 3.79. The van der Waals surface area contributed by atoms with Crippen LogP contribution in [0.1, 0.15) is 23.2 Å². The molecule has 4 aromatic rings. The number of rotatable bonds is 2. The summed E-state index contributed by atoms with van der Waals surface area (Å²) < 4.78 is 3.55. The number of hydrogen-bond acceptors (Lipinski definition) is 0. The average molecular weight is 400 g/mol. The lowest BCUT2D eigenvalue weighted by Crippen LogP contribution is -2.05. The predicted octanol–water partition coefficient (Wildman–Crippen LogP) is 6.88. The number of aromatic nitrogens is 1. The van der Waals surface area contributed by atoms with Gasteiger partial charge in [-0.15, -0.1) is 0 Å². The molecule has 0 spiro atoms. The highest BCUT2D eigenvalue weighted by atomic mass is 79.9. The summed E-state index contributed by atoms with van der Waals surface area (Å²) in [4.78, 5) is 0. The zero-order valence-electron chi connectivity index (χ0n) is 14.3. The van der Waals surface area contributed by atoms with Gasteiger partial charge in [-0.1, -0.05) is 64.5 Å². The van der Waals surface area contributed by atoms with Crippen LogP contribution in [0.5, 0.6) is 0 Å². The van der Waals surface area contributed by atoms with Crippen LogP contribution in [0.2, 0.25) is 0 Å². The number of benzene rings is 3. The molecule has 0 atom stereocenters. The third-order valence-electron chi connectivity index (χ3n) is 5.20. The number of hydrogen-bond donors (Lipinski definition) is 0. The van der Waals surface area contributed by atoms with Crippen molar-refractivity contribution in [3.63, 3.8) is 0 Å². The summed E-state index contributed by atoms with van der Waals surface area (Å²) >= 11 is 3.53. The van der Waals surface area contributed by atoms with E-state index >= 15 is 0 Å². The first-order valence-electron chi connectivity index (χ1n) is 8.95. The molecule has 0 N–H and O–H groups in total. The van der Waals surface area contributed by atoms with Crippen molar-refractivity contribution in [2.24, 2.45) is 0 Å². The molecule has 126 valence electrons. The fourth-order valence-electron chi connectivity index (χ4n) is 3.99. The molecule has 0 saturated heterocycles. The molecular weight excluding hydrogens is 382 g/mol. The Morgan fingerprint density at radius 3 is 2.27 bits per heavy atom. The number of fused-ring (bicyclic) bond motifs is 3. The molecule has 1 aliphatic rings. The summed E-state index contributed by atoms with van der Waals surface area (Å²) in [6.45, 7) is 0. The maximum atomic E-state index is 3.53. The molecular formula is C24H18BrN. The Hall–Kier alpha value is -2.58. The highest BCUT2D eigenvalue weighted by molar-refractivity contribution is 9.10. The van der Waals surface area contributed by atoms with Gasteiger partial charge >= 0.3 is 0 Å².